The Hall–Kier alpha value is -2.75. The highest BCUT2D eigenvalue weighted by atomic mass is 16.4. The molecule has 0 aliphatic heterocycles. The van der Waals surface area contributed by atoms with Gasteiger partial charge in [0.05, 0.1) is 12.0 Å². The summed E-state index contributed by atoms with van der Waals surface area (Å²) < 4.78 is 0. The summed E-state index contributed by atoms with van der Waals surface area (Å²) in [7, 11) is 1.51. The Morgan fingerprint density at radius 2 is 1.90 bits per heavy atom. The third kappa shape index (κ3) is 4.69. The first kappa shape index (κ1) is 16.3. The summed E-state index contributed by atoms with van der Waals surface area (Å²) in [5.74, 6) is -1.49. The molecule has 0 aliphatic rings. The van der Waals surface area contributed by atoms with Crippen molar-refractivity contribution in [2.24, 2.45) is 5.92 Å². The van der Waals surface area contributed by atoms with E-state index in [4.69, 9.17) is 10.4 Å². The van der Waals surface area contributed by atoms with Crippen molar-refractivity contribution in [1.29, 1.82) is 5.26 Å². The Morgan fingerprint density at radius 3 is 2.38 bits per heavy atom. The van der Waals surface area contributed by atoms with Gasteiger partial charge in [0.1, 0.15) is 12.3 Å². The van der Waals surface area contributed by atoms with Gasteiger partial charge in [-0.3, -0.25) is 9.69 Å². The normalized spacial score (nSPS) is 11.3. The molecule has 21 heavy (non-hydrogen) atoms. The number of rotatable bonds is 5. The molecule has 0 radical (unpaired) electrons. The van der Waals surface area contributed by atoms with Crippen molar-refractivity contribution in [3.63, 3.8) is 0 Å². The predicted molar refractivity (Wildman–Crippen MR) is 75.9 cm³/mol. The van der Waals surface area contributed by atoms with Gasteiger partial charge in [0, 0.05) is 19.3 Å². The maximum Gasteiger partial charge on any atom is 0.324 e. The van der Waals surface area contributed by atoms with E-state index in [-0.39, 0.29) is 18.2 Å². The lowest BCUT2D eigenvalue weighted by atomic mass is 10.2. The van der Waals surface area contributed by atoms with Crippen molar-refractivity contribution in [1.82, 2.24) is 4.90 Å². The maximum absolute atomic E-state index is 12.3. The topological polar surface area (TPSA) is 105 Å². The lowest BCUT2D eigenvalue weighted by Crippen LogP contribution is -2.45. The molecule has 0 aliphatic carbocycles. The van der Waals surface area contributed by atoms with Crippen LogP contribution in [0.25, 0.3) is 0 Å². The molecule has 0 bridgehead atoms. The van der Waals surface area contributed by atoms with E-state index in [0.717, 1.165) is 4.90 Å². The highest BCUT2D eigenvalue weighted by Gasteiger charge is 2.23. The third-order valence-corrected chi connectivity index (χ3v) is 2.78. The van der Waals surface area contributed by atoms with Gasteiger partial charge in [-0.2, -0.15) is 5.26 Å². The Kier molecular flexibility index (Phi) is 5.55. The standard InChI is InChI=1S/C14H17N3O4/c1-10(7-15)8-16(2)14(21)17(9-13(19)20)11-3-5-12(18)6-4-11/h3-6,10,18H,8-9H2,1-2H3,(H,19,20). The number of hydrogen-bond donors (Lipinski definition) is 2. The predicted octanol–water partition coefficient (Wildman–Crippen LogP) is 1.49. The maximum atomic E-state index is 12.3. The van der Waals surface area contributed by atoms with E-state index in [1.54, 1.807) is 6.92 Å². The second-order valence-corrected chi connectivity index (χ2v) is 4.69. The van der Waals surface area contributed by atoms with E-state index in [0.29, 0.717) is 5.69 Å². The number of hydrogen-bond acceptors (Lipinski definition) is 4. The number of carboxylic acid groups (broad SMARTS) is 1. The fourth-order valence-corrected chi connectivity index (χ4v) is 1.77. The minimum atomic E-state index is -1.15. The SMILES string of the molecule is CC(C#N)CN(C)C(=O)N(CC(=O)O)c1ccc(O)cc1. The van der Waals surface area contributed by atoms with Gasteiger partial charge in [-0.15, -0.1) is 0 Å². The number of benzene rings is 1. The first-order valence-corrected chi connectivity index (χ1v) is 6.28. The molecule has 1 atom stereocenters. The number of nitrogens with zero attached hydrogens (tertiary/aromatic N) is 3. The second kappa shape index (κ2) is 7.14. The lowest BCUT2D eigenvalue weighted by Gasteiger charge is -2.27. The number of aliphatic carboxylic acids is 1. The molecular formula is C14H17N3O4. The molecule has 7 heteroatoms. The van der Waals surface area contributed by atoms with Crippen LogP contribution in [0.4, 0.5) is 10.5 Å². The summed E-state index contributed by atoms with van der Waals surface area (Å²) >= 11 is 0. The van der Waals surface area contributed by atoms with Gasteiger partial charge in [-0.1, -0.05) is 0 Å². The first-order valence-electron chi connectivity index (χ1n) is 6.28. The summed E-state index contributed by atoms with van der Waals surface area (Å²) in [6, 6.07) is 7.15. The van der Waals surface area contributed by atoms with Gasteiger partial charge in [0.2, 0.25) is 0 Å². The van der Waals surface area contributed by atoms with Crippen LogP contribution in [0.5, 0.6) is 5.75 Å². The van der Waals surface area contributed by atoms with Crippen molar-refractivity contribution in [3.05, 3.63) is 24.3 Å². The Labute approximate surface area is 122 Å². The van der Waals surface area contributed by atoms with Crippen molar-refractivity contribution >= 4 is 17.7 Å². The number of carboxylic acids is 1. The number of carbonyl (C=O) groups is 2. The molecule has 0 fully saturated rings. The number of amides is 2. The average molecular weight is 291 g/mol. The van der Waals surface area contributed by atoms with Crippen molar-refractivity contribution < 1.29 is 19.8 Å². The Morgan fingerprint density at radius 1 is 1.33 bits per heavy atom. The van der Waals surface area contributed by atoms with Crippen LogP contribution in [0, 0.1) is 17.2 Å². The molecule has 2 amide bonds. The van der Waals surface area contributed by atoms with Gasteiger partial charge in [0.15, 0.2) is 0 Å². The van der Waals surface area contributed by atoms with Gasteiger partial charge in [-0.25, -0.2) is 4.79 Å². The third-order valence-electron chi connectivity index (χ3n) is 2.78. The molecule has 1 aromatic carbocycles. The number of nitriles is 1. The van der Waals surface area contributed by atoms with Crippen LogP contribution in [0.1, 0.15) is 6.92 Å². The molecule has 0 aromatic heterocycles. The van der Waals surface area contributed by atoms with Crippen LogP contribution in [-0.2, 0) is 4.79 Å². The van der Waals surface area contributed by atoms with Crippen LogP contribution >= 0.6 is 0 Å². The Bertz CT molecular complexity index is 550. The van der Waals surface area contributed by atoms with E-state index in [2.05, 4.69) is 0 Å². The van der Waals surface area contributed by atoms with Crippen LogP contribution in [0.3, 0.4) is 0 Å². The number of phenols is 1. The lowest BCUT2D eigenvalue weighted by molar-refractivity contribution is -0.135. The zero-order valence-corrected chi connectivity index (χ0v) is 11.9. The highest BCUT2D eigenvalue weighted by Crippen LogP contribution is 2.19. The molecule has 0 heterocycles. The summed E-state index contributed by atoms with van der Waals surface area (Å²) in [4.78, 5) is 25.6. The molecule has 7 nitrogen and oxygen atoms in total. The van der Waals surface area contributed by atoms with E-state index >= 15 is 0 Å². The zero-order valence-electron chi connectivity index (χ0n) is 11.9. The van der Waals surface area contributed by atoms with E-state index in [1.165, 1.54) is 36.2 Å². The number of carbonyl (C=O) groups excluding carboxylic acids is 1. The van der Waals surface area contributed by atoms with Crippen LogP contribution < -0.4 is 4.90 Å². The average Bonchev–Trinajstić information content (AvgIpc) is 2.44. The molecule has 1 unspecified atom stereocenters. The smallest absolute Gasteiger partial charge is 0.324 e. The van der Waals surface area contributed by atoms with Gasteiger partial charge >= 0.3 is 12.0 Å². The highest BCUT2D eigenvalue weighted by molar-refractivity contribution is 5.96. The number of urea groups is 1. The zero-order chi connectivity index (χ0) is 16.0. The quantitative estimate of drug-likeness (QED) is 0.855. The fraction of sp³-hybridized carbons (Fsp3) is 0.357. The van der Waals surface area contributed by atoms with Gasteiger partial charge < -0.3 is 15.1 Å². The van der Waals surface area contributed by atoms with E-state index in [9.17, 15) is 14.7 Å². The largest absolute Gasteiger partial charge is 0.508 e. The van der Waals surface area contributed by atoms with E-state index in [1.807, 2.05) is 6.07 Å². The number of aromatic hydroxyl groups is 1. The molecule has 2 N–H and O–H groups in total. The van der Waals surface area contributed by atoms with Crippen LogP contribution in [-0.4, -0.2) is 47.3 Å². The van der Waals surface area contributed by atoms with Crippen molar-refractivity contribution in [2.75, 3.05) is 25.0 Å². The van der Waals surface area contributed by atoms with Crippen molar-refractivity contribution in [3.8, 4) is 11.8 Å². The molecular weight excluding hydrogens is 274 g/mol. The van der Waals surface area contributed by atoms with Crippen LogP contribution in [0.15, 0.2) is 24.3 Å². The number of phenolic OH excluding ortho intramolecular Hbond substituents is 1. The second-order valence-electron chi connectivity index (χ2n) is 4.69. The van der Waals surface area contributed by atoms with Crippen LogP contribution in [0.2, 0.25) is 0 Å². The monoisotopic (exact) mass is 291 g/mol. The molecule has 112 valence electrons. The molecule has 0 saturated carbocycles. The minimum absolute atomic E-state index is 0.0212. The summed E-state index contributed by atoms with van der Waals surface area (Å²) in [6.07, 6.45) is 0. The van der Waals surface area contributed by atoms with Gasteiger partial charge in [-0.05, 0) is 31.2 Å². The molecule has 1 aromatic rings. The molecule has 0 saturated heterocycles. The summed E-state index contributed by atoms with van der Waals surface area (Å²) in [5, 5.41) is 27.0. The summed E-state index contributed by atoms with van der Waals surface area (Å²) in [5.41, 5.74) is 0.358. The van der Waals surface area contributed by atoms with Crippen molar-refractivity contribution in [2.45, 2.75) is 6.92 Å². The molecule has 1 rings (SSSR count). The summed E-state index contributed by atoms with van der Waals surface area (Å²) in [6.45, 7) is 1.37. The minimum Gasteiger partial charge on any atom is -0.508 e. The fourth-order valence-electron chi connectivity index (χ4n) is 1.77. The Balaban J connectivity index is 2.97. The first-order chi connectivity index (χ1) is 9.85. The number of anilines is 1. The van der Waals surface area contributed by atoms with Gasteiger partial charge in [0.25, 0.3) is 0 Å². The van der Waals surface area contributed by atoms with E-state index < -0.39 is 18.5 Å². The molecule has 0 spiro atoms.